The molecule has 1 atom stereocenters. The Morgan fingerprint density at radius 3 is 2.50 bits per heavy atom. The topological polar surface area (TPSA) is 76.7 Å². The molecule has 0 spiro atoms. The standard InChI is InChI=1S/C27H29F3N8/c1-36-17-20(16-31-36)23-5-4-6-24(33-23)38-26(34-25(35-38)27(28,29)30)32-21-10-7-18-8-11-22(12-9-19(18)15-21)37-13-2-3-14-37/h4-7,10,15-17,22H,2-3,8-9,11-14H2,1H3,(H,32,34,35). The second-order valence-electron chi connectivity index (χ2n) is 10.0. The van der Waals surface area contributed by atoms with Crippen LogP contribution in [0.2, 0.25) is 0 Å². The summed E-state index contributed by atoms with van der Waals surface area (Å²) < 4.78 is 43.6. The van der Waals surface area contributed by atoms with E-state index in [0.29, 0.717) is 17.4 Å². The lowest BCUT2D eigenvalue weighted by Gasteiger charge is -2.25. The molecule has 1 N–H and O–H groups in total. The number of likely N-dealkylation sites (tertiary alicyclic amines) is 1. The summed E-state index contributed by atoms with van der Waals surface area (Å²) in [5, 5.41) is 11.0. The summed E-state index contributed by atoms with van der Waals surface area (Å²) in [7, 11) is 1.79. The third-order valence-electron chi connectivity index (χ3n) is 7.43. The molecule has 0 amide bonds. The first-order valence-electron chi connectivity index (χ1n) is 13.0. The molecule has 11 heteroatoms. The van der Waals surface area contributed by atoms with Gasteiger partial charge in [0.2, 0.25) is 5.95 Å². The minimum atomic E-state index is -4.69. The van der Waals surface area contributed by atoms with Crippen LogP contribution in [0.5, 0.6) is 0 Å². The maximum atomic E-state index is 13.6. The van der Waals surface area contributed by atoms with Gasteiger partial charge >= 0.3 is 6.18 Å². The second-order valence-corrected chi connectivity index (χ2v) is 10.0. The maximum absolute atomic E-state index is 13.6. The van der Waals surface area contributed by atoms with Crippen molar-refractivity contribution in [2.24, 2.45) is 7.05 Å². The first kappa shape index (κ1) is 24.6. The number of hydrogen-bond donors (Lipinski definition) is 1. The Hall–Kier alpha value is -3.73. The van der Waals surface area contributed by atoms with Crippen LogP contribution in [0.15, 0.2) is 48.8 Å². The number of hydrogen-bond acceptors (Lipinski definition) is 6. The molecule has 38 heavy (non-hydrogen) atoms. The molecule has 0 saturated carbocycles. The van der Waals surface area contributed by atoms with Crippen molar-refractivity contribution in [2.75, 3.05) is 18.4 Å². The number of aromatic nitrogens is 6. The molecule has 1 aromatic carbocycles. The fourth-order valence-electron chi connectivity index (χ4n) is 5.50. The van der Waals surface area contributed by atoms with Crippen molar-refractivity contribution in [3.8, 4) is 17.1 Å². The molecular formula is C27H29F3N8. The van der Waals surface area contributed by atoms with Gasteiger partial charge < -0.3 is 10.2 Å². The minimum Gasteiger partial charge on any atom is -0.324 e. The van der Waals surface area contributed by atoms with Gasteiger partial charge in [-0.1, -0.05) is 12.1 Å². The van der Waals surface area contributed by atoms with Crippen LogP contribution in [0.4, 0.5) is 24.8 Å². The highest BCUT2D eigenvalue weighted by atomic mass is 19.4. The average Bonchev–Trinajstić information content (AvgIpc) is 3.64. The van der Waals surface area contributed by atoms with E-state index in [1.54, 1.807) is 42.3 Å². The van der Waals surface area contributed by atoms with Crippen molar-refractivity contribution < 1.29 is 13.2 Å². The number of halogens is 3. The quantitative estimate of drug-likeness (QED) is 0.365. The lowest BCUT2D eigenvalue weighted by Crippen LogP contribution is -2.32. The van der Waals surface area contributed by atoms with Crippen LogP contribution >= 0.6 is 0 Å². The molecule has 4 aromatic rings. The van der Waals surface area contributed by atoms with E-state index in [2.05, 4.69) is 36.4 Å². The lowest BCUT2D eigenvalue weighted by molar-refractivity contribution is -0.144. The summed E-state index contributed by atoms with van der Waals surface area (Å²) in [5.74, 6) is -1.05. The highest BCUT2D eigenvalue weighted by molar-refractivity contribution is 5.60. The van der Waals surface area contributed by atoms with Gasteiger partial charge in [0.05, 0.1) is 11.9 Å². The number of benzene rings is 1. The average molecular weight is 523 g/mol. The number of aryl methyl sites for hydroxylation is 3. The van der Waals surface area contributed by atoms with Gasteiger partial charge in [-0.3, -0.25) is 4.68 Å². The van der Waals surface area contributed by atoms with Gasteiger partial charge in [-0.05, 0) is 87.0 Å². The summed E-state index contributed by atoms with van der Waals surface area (Å²) in [6.45, 7) is 2.36. The number of nitrogens with zero attached hydrogens (tertiary/aromatic N) is 7. The highest BCUT2D eigenvalue weighted by Crippen LogP contribution is 2.32. The van der Waals surface area contributed by atoms with Gasteiger partial charge in [0.15, 0.2) is 5.82 Å². The summed E-state index contributed by atoms with van der Waals surface area (Å²) in [4.78, 5) is 11.0. The molecule has 0 radical (unpaired) electrons. The molecule has 1 saturated heterocycles. The molecule has 3 aromatic heterocycles. The molecule has 2 aliphatic rings. The Morgan fingerprint density at radius 2 is 1.76 bits per heavy atom. The Labute approximate surface area is 218 Å². The molecule has 1 aliphatic heterocycles. The Morgan fingerprint density at radius 1 is 0.974 bits per heavy atom. The lowest BCUT2D eigenvalue weighted by atomic mass is 10.0. The Balaban J connectivity index is 1.29. The van der Waals surface area contributed by atoms with E-state index in [9.17, 15) is 13.2 Å². The first-order valence-corrected chi connectivity index (χ1v) is 13.0. The Kier molecular flexibility index (Phi) is 6.38. The fraction of sp³-hybridized carbons (Fsp3) is 0.407. The van der Waals surface area contributed by atoms with Gasteiger partial charge in [-0.2, -0.15) is 27.9 Å². The number of nitrogens with one attached hydrogen (secondary N) is 1. The van der Waals surface area contributed by atoms with Crippen molar-refractivity contribution in [3.05, 3.63) is 65.7 Å². The van der Waals surface area contributed by atoms with Crippen molar-refractivity contribution in [3.63, 3.8) is 0 Å². The van der Waals surface area contributed by atoms with Crippen LogP contribution in [0, 0.1) is 0 Å². The predicted octanol–water partition coefficient (Wildman–Crippen LogP) is 5.17. The molecule has 198 valence electrons. The normalized spacial score (nSPS) is 18.4. The van der Waals surface area contributed by atoms with Gasteiger partial charge in [-0.25, -0.2) is 4.98 Å². The third kappa shape index (κ3) is 5.02. The molecule has 1 unspecified atom stereocenters. The smallest absolute Gasteiger partial charge is 0.324 e. The van der Waals surface area contributed by atoms with E-state index < -0.39 is 12.0 Å². The third-order valence-corrected chi connectivity index (χ3v) is 7.43. The van der Waals surface area contributed by atoms with Gasteiger partial charge in [0.1, 0.15) is 0 Å². The zero-order valence-electron chi connectivity index (χ0n) is 21.1. The fourth-order valence-corrected chi connectivity index (χ4v) is 5.50. The number of rotatable bonds is 5. The minimum absolute atomic E-state index is 0.0447. The summed E-state index contributed by atoms with van der Waals surface area (Å²) >= 11 is 0. The van der Waals surface area contributed by atoms with Gasteiger partial charge in [-0.15, -0.1) is 5.10 Å². The number of fused-ring (bicyclic) bond motifs is 1. The van der Waals surface area contributed by atoms with E-state index in [1.165, 1.54) is 37.1 Å². The van der Waals surface area contributed by atoms with E-state index in [0.717, 1.165) is 35.9 Å². The highest BCUT2D eigenvalue weighted by Gasteiger charge is 2.37. The van der Waals surface area contributed by atoms with Crippen LogP contribution in [0.25, 0.3) is 17.1 Å². The van der Waals surface area contributed by atoms with E-state index >= 15 is 0 Å². The first-order chi connectivity index (χ1) is 18.3. The zero-order chi connectivity index (χ0) is 26.3. The molecule has 1 aliphatic carbocycles. The number of pyridine rings is 1. The molecule has 0 bridgehead atoms. The summed E-state index contributed by atoms with van der Waals surface area (Å²) in [5.41, 5.74) is 4.53. The van der Waals surface area contributed by atoms with Gasteiger partial charge in [0.25, 0.3) is 5.82 Å². The molecule has 1 fully saturated rings. The van der Waals surface area contributed by atoms with Crippen LogP contribution in [-0.4, -0.2) is 53.6 Å². The predicted molar refractivity (Wildman–Crippen MR) is 137 cm³/mol. The second kappa shape index (κ2) is 9.86. The molecule has 4 heterocycles. The molecule has 8 nitrogen and oxygen atoms in total. The van der Waals surface area contributed by atoms with Crippen molar-refractivity contribution >= 4 is 11.6 Å². The van der Waals surface area contributed by atoms with Crippen molar-refractivity contribution in [2.45, 2.75) is 50.7 Å². The monoisotopic (exact) mass is 522 g/mol. The van der Waals surface area contributed by atoms with E-state index in [4.69, 9.17) is 0 Å². The van der Waals surface area contributed by atoms with Crippen LogP contribution < -0.4 is 5.32 Å². The zero-order valence-corrected chi connectivity index (χ0v) is 21.1. The molecule has 6 rings (SSSR count). The van der Waals surface area contributed by atoms with Crippen LogP contribution in [0.1, 0.15) is 42.6 Å². The largest absolute Gasteiger partial charge is 0.453 e. The van der Waals surface area contributed by atoms with Crippen molar-refractivity contribution in [1.29, 1.82) is 0 Å². The number of anilines is 2. The summed E-state index contributed by atoms with van der Waals surface area (Å²) in [6.07, 6.45) is 5.49. The van der Waals surface area contributed by atoms with Crippen LogP contribution in [-0.2, 0) is 26.1 Å². The van der Waals surface area contributed by atoms with Gasteiger partial charge in [0, 0.05) is 30.5 Å². The molecular weight excluding hydrogens is 493 g/mol. The van der Waals surface area contributed by atoms with E-state index in [-0.39, 0.29) is 11.8 Å². The van der Waals surface area contributed by atoms with Crippen molar-refractivity contribution in [1.82, 2.24) is 34.4 Å². The van der Waals surface area contributed by atoms with Crippen LogP contribution in [0.3, 0.4) is 0 Å². The summed E-state index contributed by atoms with van der Waals surface area (Å²) in [6, 6.07) is 11.7. The SMILES string of the molecule is Cn1cc(-c2cccc(-n3nc(C(F)(F)F)nc3Nc3ccc4c(c3)CCC(N3CCCC3)CC4)n2)cn1. The van der Waals surface area contributed by atoms with E-state index in [1.807, 2.05) is 12.1 Å². The number of alkyl halides is 3. The Bertz CT molecular complexity index is 1430. The maximum Gasteiger partial charge on any atom is 0.453 e.